The van der Waals surface area contributed by atoms with Gasteiger partial charge < -0.3 is 20.4 Å². The molecular formula is C7H12O4. The van der Waals surface area contributed by atoms with Crippen molar-refractivity contribution in [1.29, 1.82) is 0 Å². The predicted molar refractivity (Wildman–Crippen MR) is 35.6 cm³/mol. The molecule has 2 rings (SSSR count). The predicted octanol–water partition coefficient (Wildman–Crippen LogP) is -1.92. The first kappa shape index (κ1) is 7.49. The highest BCUT2D eigenvalue weighted by molar-refractivity contribution is 5.07. The normalized spacial score (nSPS) is 62.2. The monoisotopic (exact) mass is 160 g/mol. The fourth-order valence-electron chi connectivity index (χ4n) is 2.34. The molecule has 0 radical (unpaired) electrons. The highest BCUT2D eigenvalue weighted by Gasteiger charge is 2.57. The van der Waals surface area contributed by atoms with Crippen LogP contribution in [0.4, 0.5) is 0 Å². The smallest absolute Gasteiger partial charge is 0.0880 e. The quantitative estimate of drug-likeness (QED) is 0.333. The van der Waals surface area contributed by atoms with Gasteiger partial charge in [-0.05, 0) is 6.42 Å². The summed E-state index contributed by atoms with van der Waals surface area (Å²) in [5.74, 6) is -0.861. The van der Waals surface area contributed by atoms with E-state index in [0.29, 0.717) is 6.42 Å². The lowest BCUT2D eigenvalue weighted by Gasteiger charge is -2.25. The number of hydrogen-bond donors (Lipinski definition) is 4. The number of hydrogen-bond acceptors (Lipinski definition) is 4. The second kappa shape index (κ2) is 2.17. The lowest BCUT2D eigenvalue weighted by molar-refractivity contribution is -0.0606. The van der Waals surface area contributed by atoms with Crippen molar-refractivity contribution in [3.05, 3.63) is 0 Å². The summed E-state index contributed by atoms with van der Waals surface area (Å²) in [4.78, 5) is 0. The zero-order valence-electron chi connectivity index (χ0n) is 5.96. The van der Waals surface area contributed by atoms with E-state index in [2.05, 4.69) is 0 Å². The van der Waals surface area contributed by atoms with Crippen molar-refractivity contribution in [2.45, 2.75) is 30.8 Å². The second-order valence-electron chi connectivity index (χ2n) is 3.52. The third-order valence-electron chi connectivity index (χ3n) is 2.97. The van der Waals surface area contributed by atoms with Crippen molar-refractivity contribution in [3.63, 3.8) is 0 Å². The molecule has 6 atom stereocenters. The summed E-state index contributed by atoms with van der Waals surface area (Å²) in [6.45, 7) is 0. The van der Waals surface area contributed by atoms with E-state index in [0.717, 1.165) is 0 Å². The molecule has 0 aromatic carbocycles. The van der Waals surface area contributed by atoms with Gasteiger partial charge in [-0.25, -0.2) is 0 Å². The molecule has 2 saturated carbocycles. The van der Waals surface area contributed by atoms with Crippen LogP contribution in [0.1, 0.15) is 6.42 Å². The Balaban J connectivity index is 2.24. The molecule has 0 aromatic rings. The van der Waals surface area contributed by atoms with E-state index in [1.54, 1.807) is 0 Å². The minimum atomic E-state index is -0.946. The van der Waals surface area contributed by atoms with Crippen molar-refractivity contribution in [2.75, 3.05) is 0 Å². The first-order valence-electron chi connectivity index (χ1n) is 3.85. The van der Waals surface area contributed by atoms with Crippen molar-refractivity contribution in [2.24, 2.45) is 11.8 Å². The van der Waals surface area contributed by atoms with E-state index in [1.807, 2.05) is 0 Å². The number of fused-ring (bicyclic) bond motifs is 2. The first-order valence-corrected chi connectivity index (χ1v) is 3.85. The van der Waals surface area contributed by atoms with Gasteiger partial charge in [-0.2, -0.15) is 0 Å². The van der Waals surface area contributed by atoms with Gasteiger partial charge in [-0.1, -0.05) is 0 Å². The van der Waals surface area contributed by atoms with Crippen LogP contribution in [0.25, 0.3) is 0 Å². The Kier molecular flexibility index (Phi) is 1.47. The van der Waals surface area contributed by atoms with Crippen molar-refractivity contribution < 1.29 is 20.4 Å². The Morgan fingerprint density at radius 1 is 0.818 bits per heavy atom. The fourth-order valence-corrected chi connectivity index (χ4v) is 2.34. The Labute approximate surface area is 64.1 Å². The van der Waals surface area contributed by atoms with Gasteiger partial charge in [0.05, 0.1) is 24.4 Å². The zero-order chi connectivity index (χ0) is 8.17. The summed E-state index contributed by atoms with van der Waals surface area (Å²) in [7, 11) is 0. The molecule has 4 N–H and O–H groups in total. The summed E-state index contributed by atoms with van der Waals surface area (Å²) in [6, 6.07) is 0. The van der Waals surface area contributed by atoms with E-state index in [1.165, 1.54) is 0 Å². The summed E-state index contributed by atoms with van der Waals surface area (Å²) >= 11 is 0. The fraction of sp³-hybridized carbons (Fsp3) is 1.00. The minimum absolute atomic E-state index is 0.329. The Bertz CT molecular complexity index is 168. The maximum absolute atomic E-state index is 9.36. The van der Waals surface area contributed by atoms with Gasteiger partial charge in [0.15, 0.2) is 0 Å². The van der Waals surface area contributed by atoms with Crippen LogP contribution in [0.2, 0.25) is 0 Å². The molecule has 0 amide bonds. The van der Waals surface area contributed by atoms with Crippen LogP contribution >= 0.6 is 0 Å². The molecule has 6 unspecified atom stereocenters. The van der Waals surface area contributed by atoms with Gasteiger partial charge in [0.1, 0.15) is 0 Å². The zero-order valence-corrected chi connectivity index (χ0v) is 5.96. The molecule has 2 bridgehead atoms. The molecule has 2 fully saturated rings. The molecule has 0 spiro atoms. The lowest BCUT2D eigenvalue weighted by atomic mass is 9.93. The summed E-state index contributed by atoms with van der Waals surface area (Å²) in [5.41, 5.74) is 0. The van der Waals surface area contributed by atoms with Crippen LogP contribution in [0.5, 0.6) is 0 Å². The molecule has 4 heteroatoms. The van der Waals surface area contributed by atoms with Crippen LogP contribution in [-0.2, 0) is 0 Å². The van der Waals surface area contributed by atoms with Gasteiger partial charge in [-0.15, -0.1) is 0 Å². The largest absolute Gasteiger partial charge is 0.393 e. The Morgan fingerprint density at radius 3 is 1.82 bits per heavy atom. The molecule has 0 aliphatic heterocycles. The lowest BCUT2D eigenvalue weighted by Crippen LogP contribution is -2.39. The van der Waals surface area contributed by atoms with E-state index in [4.69, 9.17) is 0 Å². The van der Waals surface area contributed by atoms with Gasteiger partial charge >= 0.3 is 0 Å². The molecule has 0 saturated heterocycles. The van der Waals surface area contributed by atoms with Crippen LogP contribution in [0, 0.1) is 11.8 Å². The van der Waals surface area contributed by atoms with E-state index >= 15 is 0 Å². The highest BCUT2D eigenvalue weighted by Crippen LogP contribution is 2.44. The summed E-state index contributed by atoms with van der Waals surface area (Å²) in [5, 5.41) is 37.1. The van der Waals surface area contributed by atoms with E-state index < -0.39 is 30.3 Å². The molecule has 2 aliphatic rings. The highest BCUT2D eigenvalue weighted by atomic mass is 16.4. The second-order valence-corrected chi connectivity index (χ2v) is 3.52. The third-order valence-corrected chi connectivity index (χ3v) is 2.97. The maximum Gasteiger partial charge on any atom is 0.0880 e. The van der Waals surface area contributed by atoms with Gasteiger partial charge in [-0.3, -0.25) is 0 Å². The molecule has 0 heterocycles. The van der Waals surface area contributed by atoms with Crippen LogP contribution in [0.15, 0.2) is 0 Å². The van der Waals surface area contributed by atoms with Gasteiger partial charge in [0.2, 0.25) is 0 Å². The Morgan fingerprint density at radius 2 is 1.45 bits per heavy atom. The molecule has 2 aliphatic carbocycles. The molecule has 64 valence electrons. The number of rotatable bonds is 0. The molecule has 4 nitrogen and oxygen atoms in total. The van der Waals surface area contributed by atoms with Gasteiger partial charge in [0.25, 0.3) is 0 Å². The van der Waals surface area contributed by atoms with Crippen LogP contribution in [0.3, 0.4) is 0 Å². The maximum atomic E-state index is 9.36. The number of aliphatic hydroxyl groups is 4. The number of aliphatic hydroxyl groups excluding tert-OH is 4. The van der Waals surface area contributed by atoms with Crippen molar-refractivity contribution in [1.82, 2.24) is 0 Å². The standard InChI is InChI=1S/C7H12O4/c8-3-1-2-5(9)4(3)7(11)6(2)10/h2-11H,1H2. The Hall–Kier alpha value is -0.160. The van der Waals surface area contributed by atoms with Gasteiger partial charge in [0, 0.05) is 11.8 Å². The molecular weight excluding hydrogens is 148 g/mol. The van der Waals surface area contributed by atoms with E-state index in [9.17, 15) is 20.4 Å². The SMILES string of the molecule is OC1CC2C(O)C(O)C1C2O. The molecule has 11 heavy (non-hydrogen) atoms. The minimum Gasteiger partial charge on any atom is -0.393 e. The summed E-state index contributed by atoms with van der Waals surface area (Å²) < 4.78 is 0. The van der Waals surface area contributed by atoms with E-state index in [-0.39, 0.29) is 5.92 Å². The average Bonchev–Trinajstić information content (AvgIpc) is 2.31. The van der Waals surface area contributed by atoms with Crippen LogP contribution < -0.4 is 0 Å². The average molecular weight is 160 g/mol. The third kappa shape index (κ3) is 0.780. The molecule has 0 aromatic heterocycles. The van der Waals surface area contributed by atoms with Crippen LogP contribution in [-0.4, -0.2) is 44.8 Å². The first-order chi connectivity index (χ1) is 5.13. The topological polar surface area (TPSA) is 80.9 Å². The summed E-state index contributed by atoms with van der Waals surface area (Å²) in [6.07, 6.45) is -2.76. The van der Waals surface area contributed by atoms with Crippen molar-refractivity contribution >= 4 is 0 Å². The van der Waals surface area contributed by atoms with Crippen molar-refractivity contribution in [3.8, 4) is 0 Å².